The molecule has 158 valence electrons. The maximum absolute atomic E-state index is 8.49. The van der Waals surface area contributed by atoms with Crippen molar-refractivity contribution in [1.29, 1.82) is 0 Å². The van der Waals surface area contributed by atoms with Crippen LogP contribution < -0.4 is 23.4 Å². The third kappa shape index (κ3) is 6.89. The Bertz CT molecular complexity index is 1030. The van der Waals surface area contributed by atoms with Crippen LogP contribution in [0.2, 0.25) is 0 Å². The quantitative estimate of drug-likeness (QED) is 0.449. The molecule has 0 aliphatic heterocycles. The lowest BCUT2D eigenvalue weighted by Crippen LogP contribution is -2.68. The van der Waals surface area contributed by atoms with Crippen molar-refractivity contribution in [1.82, 2.24) is 0 Å². The number of halogens is 1. The minimum Gasteiger partial charge on any atom is -0.497 e. The fraction of sp³-hybridized carbons (Fsp3) is 0.0417. The second-order valence-corrected chi connectivity index (χ2v) is 7.17. The predicted octanol–water partition coefficient (Wildman–Crippen LogP) is 1.81. The predicted molar refractivity (Wildman–Crippen MR) is 106 cm³/mol. The van der Waals surface area contributed by atoms with Gasteiger partial charge < -0.3 is 4.74 Å². The van der Waals surface area contributed by atoms with Crippen molar-refractivity contribution in [2.75, 3.05) is 7.11 Å². The number of ether oxygens (including phenoxy) is 1. The van der Waals surface area contributed by atoms with Gasteiger partial charge in [0.05, 0.1) is 30.4 Å². The summed E-state index contributed by atoms with van der Waals surface area (Å²) in [6.45, 7) is 0. The smallest absolute Gasteiger partial charge is 0.361 e. The maximum atomic E-state index is 8.49. The largest absolute Gasteiger partial charge is 0.497 e. The highest BCUT2D eigenvalue weighted by Gasteiger charge is 2.20. The highest BCUT2D eigenvalue weighted by atomic mass is 35.7. The molecule has 0 radical (unpaired) electrons. The highest BCUT2D eigenvalue weighted by Crippen LogP contribution is 2.33. The summed E-state index contributed by atoms with van der Waals surface area (Å²) in [4.78, 5) is 0. The third-order valence-electron chi connectivity index (χ3n) is 4.33. The SMILES string of the molecule is COc1ccc(-c2cc(-c3ccccc3)[o+]c(-c3ccccc3)c2)cc1.[O-][Cl+3]([O-])([O-])[O-]. The van der Waals surface area contributed by atoms with Gasteiger partial charge >= 0.3 is 11.5 Å². The molecule has 0 spiro atoms. The zero-order valence-corrected chi connectivity index (χ0v) is 17.3. The lowest BCUT2D eigenvalue weighted by Gasteiger charge is -2.17. The standard InChI is InChI=1S/C24H19O2.ClHO4/c1-25-22-14-12-18(13-15-22)21-16-23(19-8-4-2-5-9-19)26-24(17-21)20-10-6-3-7-11-20;2-1(3,4)5/h2-17H,1H3;(H,2,3,4,5)/q+1;/p-1. The molecule has 6 nitrogen and oxygen atoms in total. The molecule has 4 rings (SSSR count). The van der Waals surface area contributed by atoms with Gasteiger partial charge in [0, 0.05) is 5.56 Å². The van der Waals surface area contributed by atoms with Crippen molar-refractivity contribution in [2.45, 2.75) is 0 Å². The normalized spacial score (nSPS) is 10.7. The summed E-state index contributed by atoms with van der Waals surface area (Å²) in [6.07, 6.45) is 0. The van der Waals surface area contributed by atoms with Crippen molar-refractivity contribution in [3.8, 4) is 39.5 Å². The number of rotatable bonds is 4. The van der Waals surface area contributed by atoms with Gasteiger partial charge in [-0.3, -0.25) is 0 Å². The molecule has 0 saturated heterocycles. The van der Waals surface area contributed by atoms with E-state index in [0.29, 0.717) is 0 Å². The minimum absolute atomic E-state index is 0.845. The van der Waals surface area contributed by atoms with Gasteiger partial charge in [-0.15, -0.1) is 10.2 Å². The Balaban J connectivity index is 0.000000491. The zero-order chi connectivity index (χ0) is 22.3. The maximum Gasteiger partial charge on any atom is 0.361 e. The lowest BCUT2D eigenvalue weighted by molar-refractivity contribution is -2.00. The van der Waals surface area contributed by atoms with Gasteiger partial charge in [0.2, 0.25) is 0 Å². The van der Waals surface area contributed by atoms with E-state index >= 15 is 0 Å². The molecule has 0 amide bonds. The van der Waals surface area contributed by atoms with E-state index in [4.69, 9.17) is 27.8 Å². The van der Waals surface area contributed by atoms with Crippen LogP contribution in [0.25, 0.3) is 33.8 Å². The van der Waals surface area contributed by atoms with Crippen molar-refractivity contribution in [2.24, 2.45) is 0 Å². The molecule has 0 bridgehead atoms. The molecule has 1 heterocycles. The molecule has 0 atom stereocenters. The summed E-state index contributed by atoms with van der Waals surface area (Å²) in [5.74, 6) is 2.54. The summed E-state index contributed by atoms with van der Waals surface area (Å²) < 4.78 is 45.5. The molecular weight excluding hydrogens is 420 g/mol. The van der Waals surface area contributed by atoms with E-state index in [-0.39, 0.29) is 0 Å². The van der Waals surface area contributed by atoms with Crippen LogP contribution >= 0.6 is 0 Å². The Morgan fingerprint density at radius 3 is 1.39 bits per heavy atom. The molecule has 31 heavy (non-hydrogen) atoms. The fourth-order valence-electron chi connectivity index (χ4n) is 2.94. The van der Waals surface area contributed by atoms with Crippen molar-refractivity contribution in [3.63, 3.8) is 0 Å². The van der Waals surface area contributed by atoms with E-state index in [1.807, 2.05) is 48.5 Å². The Hall–Kier alpha value is -3.26. The minimum atomic E-state index is -4.94. The summed E-state index contributed by atoms with van der Waals surface area (Å²) in [7, 11) is -3.27. The molecule has 7 heteroatoms. The monoisotopic (exact) mass is 438 g/mol. The average Bonchev–Trinajstić information content (AvgIpc) is 2.79. The van der Waals surface area contributed by atoms with Gasteiger partial charge in [0.1, 0.15) is 5.75 Å². The Morgan fingerprint density at radius 1 is 0.581 bits per heavy atom. The van der Waals surface area contributed by atoms with Gasteiger partial charge in [-0.1, -0.05) is 48.5 Å². The summed E-state index contributed by atoms with van der Waals surface area (Å²) in [5, 5.41) is 0. The highest BCUT2D eigenvalue weighted by molar-refractivity contribution is 5.74. The number of benzene rings is 3. The summed E-state index contributed by atoms with van der Waals surface area (Å²) >= 11 is 0. The first kappa shape index (κ1) is 22.4. The topological polar surface area (TPSA) is 113 Å². The molecule has 0 N–H and O–H groups in total. The molecule has 4 aromatic rings. The van der Waals surface area contributed by atoms with Crippen molar-refractivity contribution in [3.05, 3.63) is 97.1 Å². The molecule has 0 saturated carbocycles. The van der Waals surface area contributed by atoms with Crippen LogP contribution in [-0.4, -0.2) is 7.11 Å². The first-order valence-corrected chi connectivity index (χ1v) is 10.4. The molecule has 1 aromatic heterocycles. The molecule has 0 aliphatic carbocycles. The van der Waals surface area contributed by atoms with Crippen LogP contribution in [0.5, 0.6) is 5.75 Å². The van der Waals surface area contributed by atoms with Gasteiger partial charge in [0.15, 0.2) is 0 Å². The van der Waals surface area contributed by atoms with Crippen LogP contribution in [0.15, 0.2) is 101 Å². The number of methoxy groups -OCH3 is 1. The van der Waals surface area contributed by atoms with Gasteiger partial charge in [-0.05, 0) is 42.0 Å². The molecule has 0 unspecified atom stereocenters. The van der Waals surface area contributed by atoms with Gasteiger partial charge in [-0.2, -0.15) is 0 Å². The van der Waals surface area contributed by atoms with Crippen LogP contribution in [0.3, 0.4) is 0 Å². The Morgan fingerprint density at radius 2 is 1.00 bits per heavy atom. The van der Waals surface area contributed by atoms with Crippen molar-refractivity contribution >= 4 is 0 Å². The lowest BCUT2D eigenvalue weighted by atomic mass is 10.0. The van der Waals surface area contributed by atoms with E-state index < -0.39 is 10.2 Å². The van der Waals surface area contributed by atoms with Crippen LogP contribution in [-0.2, 0) is 0 Å². The zero-order valence-electron chi connectivity index (χ0n) is 16.6. The summed E-state index contributed by atoms with van der Waals surface area (Å²) in [6, 6.07) is 32.6. The number of hydrogen-bond donors (Lipinski definition) is 0. The first-order chi connectivity index (χ1) is 14.8. The van der Waals surface area contributed by atoms with Gasteiger partial charge in [0.25, 0.3) is 0 Å². The molecule has 0 aliphatic rings. The molecular formula is C24H19ClO6. The molecule has 3 aromatic carbocycles. The van der Waals surface area contributed by atoms with Crippen LogP contribution in [0, 0.1) is 10.2 Å². The third-order valence-corrected chi connectivity index (χ3v) is 4.33. The van der Waals surface area contributed by atoms with Crippen molar-refractivity contribution < 1.29 is 38.0 Å². The van der Waals surface area contributed by atoms with E-state index in [0.717, 1.165) is 39.5 Å². The summed E-state index contributed by atoms with van der Waals surface area (Å²) in [5.41, 5.74) is 4.34. The Kier molecular flexibility index (Phi) is 7.36. The van der Waals surface area contributed by atoms with E-state index in [1.165, 1.54) is 0 Å². The average molecular weight is 439 g/mol. The van der Waals surface area contributed by atoms with E-state index in [2.05, 4.69) is 48.5 Å². The molecule has 0 fully saturated rings. The fourth-order valence-corrected chi connectivity index (χ4v) is 2.94. The Labute approximate surface area is 182 Å². The van der Waals surface area contributed by atoms with E-state index in [9.17, 15) is 0 Å². The second kappa shape index (κ2) is 10.2. The van der Waals surface area contributed by atoms with Crippen LogP contribution in [0.1, 0.15) is 0 Å². The first-order valence-electron chi connectivity index (χ1n) is 9.19. The number of hydrogen-bond acceptors (Lipinski definition) is 5. The second-order valence-electron chi connectivity index (χ2n) is 6.41. The van der Waals surface area contributed by atoms with Crippen LogP contribution in [0.4, 0.5) is 0 Å². The van der Waals surface area contributed by atoms with Gasteiger partial charge in [-0.25, -0.2) is 23.1 Å². The van der Waals surface area contributed by atoms with E-state index in [1.54, 1.807) is 7.11 Å².